The first-order valence-electron chi connectivity index (χ1n) is 6.24. The highest BCUT2D eigenvalue weighted by Crippen LogP contribution is 2.28. The standard InChI is InChI=1S/C14H17NO4/c1-18-13(16)11-7-12(8-11)15-14(17)19-9-10-5-3-2-4-6-10/h2-6,11-12H,7-9H2,1H3,(H,15,17). The van der Waals surface area contributed by atoms with Crippen LogP contribution in [0.25, 0.3) is 0 Å². The molecule has 1 aromatic rings. The van der Waals surface area contributed by atoms with Gasteiger partial charge in [0.25, 0.3) is 0 Å². The van der Waals surface area contributed by atoms with Gasteiger partial charge in [0.15, 0.2) is 0 Å². The van der Waals surface area contributed by atoms with E-state index in [1.54, 1.807) is 0 Å². The van der Waals surface area contributed by atoms with Gasteiger partial charge in [0.2, 0.25) is 0 Å². The lowest BCUT2D eigenvalue weighted by Gasteiger charge is -2.33. The summed E-state index contributed by atoms with van der Waals surface area (Å²) >= 11 is 0. The highest BCUT2D eigenvalue weighted by atomic mass is 16.5. The van der Waals surface area contributed by atoms with Crippen molar-refractivity contribution in [1.82, 2.24) is 5.32 Å². The molecule has 1 N–H and O–H groups in total. The number of hydrogen-bond donors (Lipinski definition) is 1. The number of nitrogens with one attached hydrogen (secondary N) is 1. The van der Waals surface area contributed by atoms with Crippen LogP contribution in [-0.2, 0) is 20.9 Å². The van der Waals surface area contributed by atoms with Crippen molar-refractivity contribution in [2.75, 3.05) is 7.11 Å². The van der Waals surface area contributed by atoms with Crippen molar-refractivity contribution in [2.24, 2.45) is 5.92 Å². The second-order valence-electron chi connectivity index (χ2n) is 4.59. The molecule has 19 heavy (non-hydrogen) atoms. The molecule has 1 aliphatic rings. The minimum absolute atomic E-state index is 0.00683. The minimum Gasteiger partial charge on any atom is -0.469 e. The molecule has 5 heteroatoms. The van der Waals surface area contributed by atoms with E-state index < -0.39 is 6.09 Å². The lowest BCUT2D eigenvalue weighted by Crippen LogP contribution is -2.47. The molecule has 0 unspecified atom stereocenters. The van der Waals surface area contributed by atoms with Crippen LogP contribution in [0.4, 0.5) is 4.79 Å². The number of amides is 1. The van der Waals surface area contributed by atoms with Gasteiger partial charge < -0.3 is 14.8 Å². The quantitative estimate of drug-likeness (QED) is 0.842. The molecule has 102 valence electrons. The maximum absolute atomic E-state index is 11.5. The molecular weight excluding hydrogens is 246 g/mol. The first-order valence-corrected chi connectivity index (χ1v) is 6.24. The SMILES string of the molecule is COC(=O)C1CC(NC(=O)OCc2ccccc2)C1. The number of carbonyl (C=O) groups is 2. The maximum Gasteiger partial charge on any atom is 0.407 e. The Morgan fingerprint density at radius 3 is 2.58 bits per heavy atom. The predicted molar refractivity (Wildman–Crippen MR) is 68.3 cm³/mol. The molecule has 0 heterocycles. The third-order valence-electron chi connectivity index (χ3n) is 3.21. The topological polar surface area (TPSA) is 64.6 Å². The van der Waals surface area contributed by atoms with Crippen molar-refractivity contribution in [3.05, 3.63) is 35.9 Å². The average molecular weight is 263 g/mol. The third kappa shape index (κ3) is 3.71. The number of methoxy groups -OCH3 is 1. The van der Waals surface area contributed by atoms with Crippen molar-refractivity contribution in [3.8, 4) is 0 Å². The van der Waals surface area contributed by atoms with Gasteiger partial charge in [0.05, 0.1) is 13.0 Å². The molecule has 0 aromatic heterocycles. The molecule has 1 aromatic carbocycles. The molecule has 1 saturated carbocycles. The summed E-state index contributed by atoms with van der Waals surface area (Å²) in [6, 6.07) is 9.48. The largest absolute Gasteiger partial charge is 0.469 e. The Balaban J connectivity index is 1.65. The molecule has 0 spiro atoms. The van der Waals surface area contributed by atoms with Crippen LogP contribution in [-0.4, -0.2) is 25.2 Å². The van der Waals surface area contributed by atoms with Gasteiger partial charge in [-0.3, -0.25) is 4.79 Å². The minimum atomic E-state index is -0.447. The Labute approximate surface area is 111 Å². The summed E-state index contributed by atoms with van der Waals surface area (Å²) in [4.78, 5) is 22.7. The first kappa shape index (κ1) is 13.4. The highest BCUT2D eigenvalue weighted by Gasteiger charge is 2.36. The number of alkyl carbamates (subject to hydrolysis) is 1. The van der Waals surface area contributed by atoms with Crippen LogP contribution in [0.3, 0.4) is 0 Å². The predicted octanol–water partition coefficient (Wildman–Crippen LogP) is 1.86. The molecule has 5 nitrogen and oxygen atoms in total. The van der Waals surface area contributed by atoms with Crippen molar-refractivity contribution >= 4 is 12.1 Å². The molecule has 2 rings (SSSR count). The van der Waals surface area contributed by atoms with Gasteiger partial charge in [-0.2, -0.15) is 0 Å². The van der Waals surface area contributed by atoms with Crippen molar-refractivity contribution < 1.29 is 19.1 Å². The Kier molecular flexibility index (Phi) is 4.39. The summed E-state index contributed by atoms with van der Waals surface area (Å²) in [7, 11) is 1.37. The molecule has 1 aliphatic carbocycles. The van der Waals surface area contributed by atoms with Gasteiger partial charge in [-0.25, -0.2) is 4.79 Å². The fraction of sp³-hybridized carbons (Fsp3) is 0.429. The van der Waals surface area contributed by atoms with E-state index in [1.807, 2.05) is 30.3 Å². The van der Waals surface area contributed by atoms with E-state index in [0.717, 1.165) is 5.56 Å². The second-order valence-corrected chi connectivity index (χ2v) is 4.59. The zero-order valence-corrected chi connectivity index (χ0v) is 10.8. The van der Waals surface area contributed by atoms with E-state index in [-0.39, 0.29) is 24.5 Å². The number of esters is 1. The molecular formula is C14H17NO4. The van der Waals surface area contributed by atoms with E-state index in [2.05, 4.69) is 10.1 Å². The van der Waals surface area contributed by atoms with Gasteiger partial charge in [-0.1, -0.05) is 30.3 Å². The molecule has 0 radical (unpaired) electrons. The molecule has 0 saturated heterocycles. The molecule has 0 aliphatic heterocycles. The van der Waals surface area contributed by atoms with Crippen molar-refractivity contribution in [1.29, 1.82) is 0 Å². The van der Waals surface area contributed by atoms with E-state index in [1.165, 1.54) is 7.11 Å². The number of benzene rings is 1. The smallest absolute Gasteiger partial charge is 0.407 e. The lowest BCUT2D eigenvalue weighted by atomic mass is 9.80. The van der Waals surface area contributed by atoms with Gasteiger partial charge >= 0.3 is 12.1 Å². The number of rotatable bonds is 4. The summed E-state index contributed by atoms with van der Waals surface area (Å²) in [5.41, 5.74) is 0.943. The zero-order chi connectivity index (χ0) is 13.7. The van der Waals surface area contributed by atoms with Crippen molar-refractivity contribution in [2.45, 2.75) is 25.5 Å². The van der Waals surface area contributed by atoms with Crippen LogP contribution in [0.1, 0.15) is 18.4 Å². The van der Waals surface area contributed by atoms with Crippen LogP contribution < -0.4 is 5.32 Å². The van der Waals surface area contributed by atoms with Gasteiger partial charge in [-0.15, -0.1) is 0 Å². The Morgan fingerprint density at radius 2 is 1.95 bits per heavy atom. The van der Waals surface area contributed by atoms with E-state index >= 15 is 0 Å². The first-order chi connectivity index (χ1) is 9.19. The van der Waals surface area contributed by atoms with Crippen molar-refractivity contribution in [3.63, 3.8) is 0 Å². The fourth-order valence-electron chi connectivity index (χ4n) is 2.03. The molecule has 1 fully saturated rings. The zero-order valence-electron chi connectivity index (χ0n) is 10.8. The monoisotopic (exact) mass is 263 g/mol. The van der Waals surface area contributed by atoms with Crippen LogP contribution >= 0.6 is 0 Å². The summed E-state index contributed by atoms with van der Waals surface area (Å²) < 4.78 is 9.72. The maximum atomic E-state index is 11.5. The summed E-state index contributed by atoms with van der Waals surface area (Å²) in [5.74, 6) is -0.305. The summed E-state index contributed by atoms with van der Waals surface area (Å²) in [6.07, 6.45) is 0.789. The van der Waals surface area contributed by atoms with Gasteiger partial charge in [0.1, 0.15) is 6.61 Å². The van der Waals surface area contributed by atoms with E-state index in [0.29, 0.717) is 12.8 Å². The molecule has 0 atom stereocenters. The third-order valence-corrected chi connectivity index (χ3v) is 3.21. The van der Waals surface area contributed by atoms with Gasteiger partial charge in [0, 0.05) is 6.04 Å². The Hall–Kier alpha value is -2.04. The second kappa shape index (κ2) is 6.22. The van der Waals surface area contributed by atoms with Crippen LogP contribution in [0, 0.1) is 5.92 Å². The molecule has 0 bridgehead atoms. The van der Waals surface area contributed by atoms with Crippen LogP contribution in [0.2, 0.25) is 0 Å². The van der Waals surface area contributed by atoms with E-state index in [4.69, 9.17) is 4.74 Å². The normalized spacial score (nSPS) is 21.1. The highest BCUT2D eigenvalue weighted by molar-refractivity contribution is 5.74. The average Bonchev–Trinajstić information content (AvgIpc) is 2.40. The van der Waals surface area contributed by atoms with Gasteiger partial charge in [-0.05, 0) is 18.4 Å². The number of hydrogen-bond acceptors (Lipinski definition) is 4. The molecule has 1 amide bonds. The number of ether oxygens (including phenoxy) is 2. The van der Waals surface area contributed by atoms with Crippen LogP contribution in [0.5, 0.6) is 0 Å². The van der Waals surface area contributed by atoms with Crippen LogP contribution in [0.15, 0.2) is 30.3 Å². The summed E-state index contributed by atoms with van der Waals surface area (Å²) in [6.45, 7) is 0.250. The van der Waals surface area contributed by atoms with E-state index in [9.17, 15) is 9.59 Å². The Bertz CT molecular complexity index is 440. The number of carbonyl (C=O) groups excluding carboxylic acids is 2. The lowest BCUT2D eigenvalue weighted by molar-refractivity contribution is -0.149. The fourth-order valence-corrected chi connectivity index (χ4v) is 2.03. The summed E-state index contributed by atoms with van der Waals surface area (Å²) in [5, 5.41) is 2.73. The Morgan fingerprint density at radius 1 is 1.26 bits per heavy atom.